The predicted octanol–water partition coefficient (Wildman–Crippen LogP) is 5.21. The number of aromatic amines is 1. The molecule has 0 amide bonds. The van der Waals surface area contributed by atoms with E-state index in [1.165, 1.54) is 14.8 Å². The third-order valence-corrected chi connectivity index (χ3v) is 6.87. The summed E-state index contributed by atoms with van der Waals surface area (Å²) in [5.74, 6) is 0.857. The van der Waals surface area contributed by atoms with Crippen LogP contribution in [0.5, 0.6) is 5.75 Å². The standard InChI is InChI=1S/C22H23IN4OS/c1-4-28-16-10-8-15(9-11-16)27-21(18-13(2)25-14(3)19(18)23)20(26-22(27)29)17-7-5-6-12-24-17/h5-12,20-21,25H,4H2,1-3H3,(H,26,29)/t20-,21-/m0/s1. The molecule has 1 aliphatic heterocycles. The lowest BCUT2D eigenvalue weighted by atomic mass is 9.96. The highest BCUT2D eigenvalue weighted by atomic mass is 127. The summed E-state index contributed by atoms with van der Waals surface area (Å²) >= 11 is 8.23. The topological polar surface area (TPSA) is 53.2 Å². The quantitative estimate of drug-likeness (QED) is 0.359. The molecule has 5 nitrogen and oxygen atoms in total. The molecule has 1 aliphatic rings. The van der Waals surface area contributed by atoms with E-state index in [0.29, 0.717) is 11.7 Å². The Morgan fingerprint density at radius 1 is 1.14 bits per heavy atom. The van der Waals surface area contributed by atoms with Gasteiger partial charge in [-0.15, -0.1) is 0 Å². The number of hydrogen-bond acceptors (Lipinski definition) is 3. The van der Waals surface area contributed by atoms with Gasteiger partial charge in [0.2, 0.25) is 0 Å². The Morgan fingerprint density at radius 3 is 2.48 bits per heavy atom. The van der Waals surface area contributed by atoms with E-state index in [1.807, 2.05) is 37.4 Å². The third kappa shape index (κ3) is 3.73. The number of ether oxygens (including phenoxy) is 1. The Kier molecular flexibility index (Phi) is 5.78. The van der Waals surface area contributed by atoms with E-state index in [9.17, 15) is 0 Å². The minimum atomic E-state index is -0.0438. The van der Waals surface area contributed by atoms with Gasteiger partial charge in [-0.2, -0.15) is 0 Å². The first-order chi connectivity index (χ1) is 14.0. The number of rotatable bonds is 5. The fraction of sp³-hybridized carbons (Fsp3) is 0.273. The van der Waals surface area contributed by atoms with Gasteiger partial charge in [0, 0.05) is 32.4 Å². The lowest BCUT2D eigenvalue weighted by Gasteiger charge is -2.28. The van der Waals surface area contributed by atoms with Crippen molar-refractivity contribution in [1.29, 1.82) is 0 Å². The lowest BCUT2D eigenvalue weighted by Crippen LogP contribution is -2.29. The van der Waals surface area contributed by atoms with Gasteiger partial charge in [-0.25, -0.2) is 0 Å². The van der Waals surface area contributed by atoms with Gasteiger partial charge >= 0.3 is 0 Å². The first-order valence-electron chi connectivity index (χ1n) is 9.59. The van der Waals surface area contributed by atoms with Crippen molar-refractivity contribution in [1.82, 2.24) is 15.3 Å². The van der Waals surface area contributed by atoms with E-state index in [2.05, 4.69) is 74.8 Å². The predicted molar refractivity (Wildman–Crippen MR) is 129 cm³/mol. The maximum atomic E-state index is 5.80. The van der Waals surface area contributed by atoms with Crippen LogP contribution in [0.2, 0.25) is 0 Å². The van der Waals surface area contributed by atoms with Crippen LogP contribution in [0.15, 0.2) is 48.7 Å². The molecule has 1 fully saturated rings. The normalized spacial score (nSPS) is 18.8. The minimum Gasteiger partial charge on any atom is -0.494 e. The number of benzene rings is 1. The van der Waals surface area contributed by atoms with Crippen molar-refractivity contribution in [2.24, 2.45) is 0 Å². The maximum Gasteiger partial charge on any atom is 0.174 e. The average Bonchev–Trinajstić information content (AvgIpc) is 3.18. The highest BCUT2D eigenvalue weighted by Crippen LogP contribution is 2.44. The van der Waals surface area contributed by atoms with E-state index in [0.717, 1.165) is 22.8 Å². The highest BCUT2D eigenvalue weighted by molar-refractivity contribution is 14.1. The lowest BCUT2D eigenvalue weighted by molar-refractivity contribution is 0.340. The molecule has 2 atom stereocenters. The second kappa shape index (κ2) is 8.31. The Bertz CT molecular complexity index is 1020. The van der Waals surface area contributed by atoms with Gasteiger partial charge in [0.15, 0.2) is 5.11 Å². The van der Waals surface area contributed by atoms with Crippen molar-refractivity contribution in [2.45, 2.75) is 32.9 Å². The van der Waals surface area contributed by atoms with E-state index in [-0.39, 0.29) is 12.1 Å². The van der Waals surface area contributed by atoms with Crippen molar-refractivity contribution in [3.8, 4) is 5.75 Å². The summed E-state index contributed by atoms with van der Waals surface area (Å²) in [5.41, 5.74) is 5.58. The molecule has 3 aromatic rings. The van der Waals surface area contributed by atoms with E-state index >= 15 is 0 Å². The molecule has 4 rings (SSSR count). The SMILES string of the molecule is CCOc1ccc(N2C(=S)N[C@@H](c3ccccn3)[C@@H]2c2c(C)[nH]c(C)c2I)cc1. The third-order valence-electron chi connectivity index (χ3n) is 5.16. The van der Waals surface area contributed by atoms with Crippen LogP contribution in [0.4, 0.5) is 5.69 Å². The largest absolute Gasteiger partial charge is 0.494 e. The van der Waals surface area contributed by atoms with Crippen molar-refractivity contribution in [3.63, 3.8) is 0 Å². The van der Waals surface area contributed by atoms with E-state index in [4.69, 9.17) is 17.0 Å². The molecule has 0 radical (unpaired) electrons. The van der Waals surface area contributed by atoms with Crippen molar-refractivity contribution in [2.75, 3.05) is 11.5 Å². The monoisotopic (exact) mass is 518 g/mol. The van der Waals surface area contributed by atoms with Gasteiger partial charge < -0.3 is 19.9 Å². The summed E-state index contributed by atoms with van der Waals surface area (Å²) < 4.78 is 6.84. The molecule has 0 aliphatic carbocycles. The zero-order valence-electron chi connectivity index (χ0n) is 16.6. The highest BCUT2D eigenvalue weighted by Gasteiger charge is 2.42. The van der Waals surface area contributed by atoms with Gasteiger partial charge in [0.25, 0.3) is 0 Å². The number of H-pyrrole nitrogens is 1. The Morgan fingerprint density at radius 2 is 1.90 bits per heavy atom. The molecule has 2 N–H and O–H groups in total. The van der Waals surface area contributed by atoms with Crippen LogP contribution in [0, 0.1) is 17.4 Å². The van der Waals surface area contributed by atoms with Crippen molar-refractivity contribution >= 4 is 45.6 Å². The first-order valence-corrected chi connectivity index (χ1v) is 11.1. The molecule has 150 valence electrons. The zero-order chi connectivity index (χ0) is 20.5. The molecule has 0 saturated carbocycles. The summed E-state index contributed by atoms with van der Waals surface area (Å²) in [6.07, 6.45) is 1.83. The molecular weight excluding hydrogens is 495 g/mol. The molecule has 1 aromatic carbocycles. The molecule has 0 bridgehead atoms. The second-order valence-electron chi connectivity index (χ2n) is 7.03. The van der Waals surface area contributed by atoms with Crippen molar-refractivity contribution < 1.29 is 4.74 Å². The van der Waals surface area contributed by atoms with E-state index in [1.54, 1.807) is 0 Å². The Hall–Kier alpha value is -2.13. The smallest absolute Gasteiger partial charge is 0.174 e. The maximum absolute atomic E-state index is 5.80. The van der Waals surface area contributed by atoms with E-state index < -0.39 is 0 Å². The van der Waals surface area contributed by atoms with Crippen LogP contribution < -0.4 is 15.0 Å². The molecule has 3 heterocycles. The van der Waals surface area contributed by atoms with Crippen LogP contribution in [-0.2, 0) is 0 Å². The fourth-order valence-corrected chi connectivity index (χ4v) is 5.12. The number of aromatic nitrogens is 2. The molecule has 0 spiro atoms. The molecule has 0 unspecified atom stereocenters. The number of thiocarbonyl (C=S) groups is 1. The van der Waals surface area contributed by atoms with Crippen molar-refractivity contribution in [3.05, 3.63) is 74.9 Å². The van der Waals surface area contributed by atoms with Gasteiger partial charge in [-0.05, 0) is 92.0 Å². The number of nitrogens with zero attached hydrogens (tertiary/aromatic N) is 2. The number of halogens is 1. The number of pyridine rings is 1. The van der Waals surface area contributed by atoms with Crippen LogP contribution in [-0.4, -0.2) is 21.7 Å². The van der Waals surface area contributed by atoms with Crippen LogP contribution in [0.3, 0.4) is 0 Å². The number of nitrogens with one attached hydrogen (secondary N) is 2. The van der Waals surface area contributed by atoms with Gasteiger partial charge in [-0.1, -0.05) is 6.07 Å². The summed E-state index contributed by atoms with van der Waals surface area (Å²) in [6.45, 7) is 6.86. The van der Waals surface area contributed by atoms with Gasteiger partial charge in [-0.3, -0.25) is 4.98 Å². The zero-order valence-corrected chi connectivity index (χ0v) is 19.5. The molecule has 7 heteroatoms. The Balaban J connectivity index is 1.83. The summed E-state index contributed by atoms with van der Waals surface area (Å²) in [7, 11) is 0. The Labute approximate surface area is 190 Å². The van der Waals surface area contributed by atoms with Gasteiger partial charge in [0.1, 0.15) is 5.75 Å². The minimum absolute atomic E-state index is 0.00723. The molecule has 2 aromatic heterocycles. The molecule has 1 saturated heterocycles. The summed E-state index contributed by atoms with van der Waals surface area (Å²) in [5, 5.41) is 4.22. The fourth-order valence-electron chi connectivity index (χ4n) is 3.92. The van der Waals surface area contributed by atoms with Crippen LogP contribution in [0.25, 0.3) is 0 Å². The summed E-state index contributed by atoms with van der Waals surface area (Å²) in [6, 6.07) is 14.1. The number of hydrogen-bond donors (Lipinski definition) is 2. The number of anilines is 1. The average molecular weight is 518 g/mol. The van der Waals surface area contributed by atoms with Crippen LogP contribution >= 0.6 is 34.8 Å². The molecule has 29 heavy (non-hydrogen) atoms. The molecular formula is C22H23IN4OS. The number of aryl methyl sites for hydroxylation is 2. The van der Waals surface area contributed by atoms with Gasteiger partial charge in [0.05, 0.1) is 24.4 Å². The second-order valence-corrected chi connectivity index (χ2v) is 8.49. The first kappa shape index (κ1) is 20.2. The van der Waals surface area contributed by atoms with Crippen LogP contribution in [0.1, 0.15) is 41.7 Å². The summed E-state index contributed by atoms with van der Waals surface area (Å²) in [4.78, 5) is 10.3.